The van der Waals surface area contributed by atoms with E-state index in [0.29, 0.717) is 38.7 Å². The van der Waals surface area contributed by atoms with Crippen LogP contribution in [0.5, 0.6) is 17.2 Å². The first-order valence-corrected chi connectivity index (χ1v) is 14.6. The molecule has 0 radical (unpaired) electrons. The van der Waals surface area contributed by atoms with Crippen molar-refractivity contribution in [2.45, 2.75) is 83.7 Å². The first kappa shape index (κ1) is 31.6. The lowest BCUT2D eigenvalue weighted by Crippen LogP contribution is -2.15. The molecule has 0 saturated heterocycles. The van der Waals surface area contributed by atoms with Gasteiger partial charge in [-0.15, -0.1) is 0 Å². The zero-order valence-electron chi connectivity index (χ0n) is 23.9. The average molecular weight is 595 g/mol. The van der Waals surface area contributed by atoms with E-state index in [1.165, 1.54) is 30.3 Å². The molecule has 1 saturated carbocycles. The number of hydrogen-bond donors (Lipinski definition) is 0. The average Bonchev–Trinajstić information content (AvgIpc) is 2.99. The molecule has 0 spiro atoms. The van der Waals surface area contributed by atoms with E-state index in [0.717, 1.165) is 19.3 Å². The summed E-state index contributed by atoms with van der Waals surface area (Å²) < 4.78 is 104. The fraction of sp³-hybridized carbons (Fsp3) is 0.455. The molecule has 0 unspecified atom stereocenters. The second-order valence-electron chi connectivity index (χ2n) is 10.7. The Bertz CT molecular complexity index is 1350. The lowest BCUT2D eigenvalue weighted by molar-refractivity contribution is 0.268. The van der Waals surface area contributed by atoms with Gasteiger partial charge in [0.25, 0.3) is 0 Å². The van der Waals surface area contributed by atoms with Crippen LogP contribution in [0.2, 0.25) is 0 Å². The molecule has 228 valence electrons. The van der Waals surface area contributed by atoms with E-state index in [4.69, 9.17) is 14.2 Å². The molecular formula is C33H36F6O3. The maximum atomic E-state index is 15.1. The standard InChI is InChI=1S/C33H36F6O3/c1-3-5-17-40-25-14-11-22(28(34)31(25)37)19-42-27-16-13-24(30(36)33(27)39)21-9-7-20(8-10-21)23-12-15-26(32(38)29(23)35)41-18-6-4-2/h11-16,20-21H,3-10,17-19H2,1-2H3. The van der Waals surface area contributed by atoms with E-state index in [9.17, 15) is 22.0 Å². The molecule has 0 amide bonds. The van der Waals surface area contributed by atoms with Gasteiger partial charge in [0.1, 0.15) is 6.61 Å². The first-order chi connectivity index (χ1) is 20.3. The molecule has 0 heterocycles. The fourth-order valence-electron chi connectivity index (χ4n) is 5.27. The summed E-state index contributed by atoms with van der Waals surface area (Å²) in [7, 11) is 0. The summed E-state index contributed by atoms with van der Waals surface area (Å²) in [5, 5.41) is 0. The van der Waals surface area contributed by atoms with Gasteiger partial charge in [-0.3, -0.25) is 0 Å². The zero-order valence-corrected chi connectivity index (χ0v) is 23.9. The van der Waals surface area contributed by atoms with Crippen LogP contribution >= 0.6 is 0 Å². The Morgan fingerprint density at radius 3 is 1.38 bits per heavy atom. The summed E-state index contributed by atoms with van der Waals surface area (Å²) in [5.74, 6) is -7.90. The molecule has 9 heteroatoms. The zero-order chi connectivity index (χ0) is 30.2. The van der Waals surface area contributed by atoms with Gasteiger partial charge in [0.05, 0.1) is 13.2 Å². The first-order valence-electron chi connectivity index (χ1n) is 14.6. The minimum Gasteiger partial charge on any atom is -0.490 e. The molecule has 3 aromatic rings. The predicted octanol–water partition coefficient (Wildman–Crippen LogP) is 9.90. The van der Waals surface area contributed by atoms with Crippen molar-refractivity contribution in [1.29, 1.82) is 0 Å². The molecule has 3 aromatic carbocycles. The van der Waals surface area contributed by atoms with Gasteiger partial charge in [-0.05, 0) is 85.8 Å². The molecule has 0 atom stereocenters. The van der Waals surface area contributed by atoms with Crippen LogP contribution < -0.4 is 14.2 Å². The molecule has 0 bridgehead atoms. The maximum Gasteiger partial charge on any atom is 0.201 e. The van der Waals surface area contributed by atoms with Crippen molar-refractivity contribution in [1.82, 2.24) is 0 Å². The van der Waals surface area contributed by atoms with E-state index < -0.39 is 47.3 Å². The molecule has 1 aliphatic carbocycles. The van der Waals surface area contributed by atoms with E-state index in [1.807, 2.05) is 13.8 Å². The summed E-state index contributed by atoms with van der Waals surface area (Å²) >= 11 is 0. The van der Waals surface area contributed by atoms with Gasteiger partial charge in [0.15, 0.2) is 34.7 Å². The summed E-state index contributed by atoms with van der Waals surface area (Å²) in [6.45, 7) is 3.96. The van der Waals surface area contributed by atoms with Crippen molar-refractivity contribution in [3.8, 4) is 17.2 Å². The van der Waals surface area contributed by atoms with Gasteiger partial charge < -0.3 is 14.2 Å². The van der Waals surface area contributed by atoms with E-state index in [-0.39, 0.29) is 46.6 Å². The van der Waals surface area contributed by atoms with E-state index in [2.05, 4.69) is 0 Å². The fourth-order valence-corrected chi connectivity index (χ4v) is 5.27. The Balaban J connectivity index is 1.38. The topological polar surface area (TPSA) is 27.7 Å². The van der Waals surface area contributed by atoms with Gasteiger partial charge in [-0.25, -0.2) is 13.2 Å². The van der Waals surface area contributed by atoms with Crippen molar-refractivity contribution in [2.24, 2.45) is 0 Å². The quantitative estimate of drug-likeness (QED) is 0.146. The van der Waals surface area contributed by atoms with Crippen molar-refractivity contribution in [3.63, 3.8) is 0 Å². The summed E-state index contributed by atoms with van der Waals surface area (Å²) in [5.41, 5.74) is 0.255. The second kappa shape index (κ2) is 14.7. The van der Waals surface area contributed by atoms with Crippen LogP contribution in [0, 0.1) is 34.9 Å². The van der Waals surface area contributed by atoms with Gasteiger partial charge in [0.2, 0.25) is 17.5 Å². The predicted molar refractivity (Wildman–Crippen MR) is 148 cm³/mol. The monoisotopic (exact) mass is 594 g/mol. The van der Waals surface area contributed by atoms with Gasteiger partial charge in [-0.2, -0.15) is 13.2 Å². The van der Waals surface area contributed by atoms with Crippen molar-refractivity contribution in [3.05, 3.63) is 88.0 Å². The summed E-state index contributed by atoms with van der Waals surface area (Å²) in [6, 6.07) is 8.23. The third-order valence-electron chi connectivity index (χ3n) is 7.78. The number of rotatable bonds is 13. The van der Waals surface area contributed by atoms with E-state index >= 15 is 4.39 Å². The van der Waals surface area contributed by atoms with Crippen LogP contribution in [0.1, 0.15) is 93.7 Å². The number of halogens is 6. The summed E-state index contributed by atoms with van der Waals surface area (Å²) in [4.78, 5) is 0. The van der Waals surface area contributed by atoms with Crippen LogP contribution in [-0.4, -0.2) is 13.2 Å². The normalized spacial score (nSPS) is 16.9. The van der Waals surface area contributed by atoms with Crippen LogP contribution in [-0.2, 0) is 6.61 Å². The minimum absolute atomic E-state index is 0.112. The molecule has 1 fully saturated rings. The second-order valence-corrected chi connectivity index (χ2v) is 10.7. The van der Waals surface area contributed by atoms with Gasteiger partial charge in [0, 0.05) is 5.56 Å². The number of hydrogen-bond acceptors (Lipinski definition) is 3. The molecule has 0 aliphatic heterocycles. The molecule has 1 aliphatic rings. The Kier molecular flexibility index (Phi) is 11.0. The van der Waals surface area contributed by atoms with Crippen molar-refractivity contribution < 1.29 is 40.6 Å². The Labute approximate surface area is 242 Å². The molecule has 0 aromatic heterocycles. The molecular weight excluding hydrogens is 558 g/mol. The Morgan fingerprint density at radius 2 is 0.929 bits per heavy atom. The highest BCUT2D eigenvalue weighted by atomic mass is 19.2. The summed E-state index contributed by atoms with van der Waals surface area (Å²) in [6.07, 6.45) is 4.98. The van der Waals surface area contributed by atoms with Gasteiger partial charge in [-0.1, -0.05) is 38.8 Å². The lowest BCUT2D eigenvalue weighted by atomic mass is 9.76. The third-order valence-corrected chi connectivity index (χ3v) is 7.78. The molecule has 4 rings (SSSR count). The van der Waals surface area contributed by atoms with Crippen LogP contribution in [0.4, 0.5) is 26.3 Å². The van der Waals surface area contributed by atoms with Crippen LogP contribution in [0.25, 0.3) is 0 Å². The number of ether oxygens (including phenoxy) is 3. The smallest absolute Gasteiger partial charge is 0.201 e. The third kappa shape index (κ3) is 7.16. The molecule has 42 heavy (non-hydrogen) atoms. The highest BCUT2D eigenvalue weighted by Gasteiger charge is 2.30. The number of benzene rings is 3. The molecule has 0 N–H and O–H groups in total. The van der Waals surface area contributed by atoms with Crippen molar-refractivity contribution in [2.75, 3.05) is 13.2 Å². The molecule has 3 nitrogen and oxygen atoms in total. The van der Waals surface area contributed by atoms with Crippen molar-refractivity contribution >= 4 is 0 Å². The van der Waals surface area contributed by atoms with Gasteiger partial charge >= 0.3 is 0 Å². The van der Waals surface area contributed by atoms with Crippen LogP contribution in [0.15, 0.2) is 36.4 Å². The SMILES string of the molecule is CCCCOc1ccc(COc2ccc(C3CCC(c4ccc(OCCCC)c(F)c4F)CC3)c(F)c2F)c(F)c1F. The number of unbranched alkanes of at least 4 members (excludes halogenated alkanes) is 2. The highest BCUT2D eigenvalue weighted by molar-refractivity contribution is 5.36. The maximum absolute atomic E-state index is 15.1. The lowest BCUT2D eigenvalue weighted by Gasteiger charge is -2.30. The largest absolute Gasteiger partial charge is 0.490 e. The van der Waals surface area contributed by atoms with Crippen LogP contribution in [0.3, 0.4) is 0 Å². The highest BCUT2D eigenvalue weighted by Crippen LogP contribution is 2.43. The minimum atomic E-state index is -1.22. The Hall–Kier alpha value is -3.36. The Morgan fingerprint density at radius 1 is 0.524 bits per heavy atom. The van der Waals surface area contributed by atoms with E-state index in [1.54, 1.807) is 6.07 Å².